The highest BCUT2D eigenvalue weighted by molar-refractivity contribution is 5.15. The molecule has 3 heteroatoms. The number of nitrogens with one attached hydrogen (secondary N) is 1. The van der Waals surface area contributed by atoms with Gasteiger partial charge in [0.15, 0.2) is 0 Å². The summed E-state index contributed by atoms with van der Waals surface area (Å²) in [6, 6.07) is 6.51. The summed E-state index contributed by atoms with van der Waals surface area (Å²) < 4.78 is 5.13. The highest BCUT2D eigenvalue weighted by Crippen LogP contribution is 2.37. The van der Waals surface area contributed by atoms with Crippen LogP contribution in [0.2, 0.25) is 0 Å². The molecule has 1 N–H and O–H groups in total. The largest absolute Gasteiger partial charge is 0.481 e. The van der Waals surface area contributed by atoms with Gasteiger partial charge in [0.25, 0.3) is 0 Å². The van der Waals surface area contributed by atoms with Crippen molar-refractivity contribution in [3.63, 3.8) is 0 Å². The number of ether oxygens (including phenoxy) is 1. The van der Waals surface area contributed by atoms with Gasteiger partial charge in [-0.1, -0.05) is 26.3 Å². The van der Waals surface area contributed by atoms with Crippen molar-refractivity contribution >= 4 is 0 Å². The first-order valence-corrected chi connectivity index (χ1v) is 6.35. The first kappa shape index (κ1) is 12.4. The van der Waals surface area contributed by atoms with Crippen LogP contribution in [-0.2, 0) is 6.54 Å². The van der Waals surface area contributed by atoms with Gasteiger partial charge in [0.1, 0.15) is 0 Å². The third-order valence-electron chi connectivity index (χ3n) is 3.78. The van der Waals surface area contributed by atoms with Crippen LogP contribution in [0.3, 0.4) is 0 Å². The average molecular weight is 234 g/mol. The Bertz CT molecular complexity index is 376. The van der Waals surface area contributed by atoms with E-state index in [1.54, 1.807) is 7.11 Å². The Morgan fingerprint density at radius 1 is 1.47 bits per heavy atom. The Labute approximate surface area is 104 Å². The fourth-order valence-corrected chi connectivity index (χ4v) is 2.60. The molecule has 1 saturated carbocycles. The van der Waals surface area contributed by atoms with Crippen LogP contribution in [0.5, 0.6) is 5.88 Å². The van der Waals surface area contributed by atoms with Crippen LogP contribution in [-0.4, -0.2) is 18.1 Å². The highest BCUT2D eigenvalue weighted by Gasteiger charge is 2.33. The molecule has 1 aliphatic rings. The zero-order valence-electron chi connectivity index (χ0n) is 11.0. The predicted molar refractivity (Wildman–Crippen MR) is 69.0 cm³/mol. The second kappa shape index (κ2) is 5.05. The Kier molecular flexibility index (Phi) is 3.67. The molecule has 0 aliphatic heterocycles. The first-order valence-electron chi connectivity index (χ1n) is 6.35. The van der Waals surface area contributed by atoms with Crippen molar-refractivity contribution in [2.75, 3.05) is 7.11 Å². The maximum Gasteiger partial charge on any atom is 0.213 e. The molecule has 1 aliphatic carbocycles. The van der Waals surface area contributed by atoms with Gasteiger partial charge in [-0.25, -0.2) is 4.98 Å². The van der Waals surface area contributed by atoms with Crippen molar-refractivity contribution in [1.29, 1.82) is 0 Å². The van der Waals surface area contributed by atoms with Gasteiger partial charge in [-0.15, -0.1) is 0 Å². The lowest BCUT2D eigenvalue weighted by atomic mass is 9.87. The Balaban J connectivity index is 1.93. The van der Waals surface area contributed by atoms with Crippen molar-refractivity contribution in [1.82, 2.24) is 10.3 Å². The van der Waals surface area contributed by atoms with E-state index in [0.29, 0.717) is 17.3 Å². The smallest absolute Gasteiger partial charge is 0.213 e. The molecule has 1 atom stereocenters. The molecule has 0 radical (unpaired) electrons. The summed E-state index contributed by atoms with van der Waals surface area (Å²) in [5, 5.41) is 3.62. The van der Waals surface area contributed by atoms with Gasteiger partial charge < -0.3 is 10.1 Å². The normalized spacial score (nSPS) is 22.6. The molecular formula is C14H22N2O. The SMILES string of the molecule is COc1cccc(CNC2CCCC2(C)C)n1. The molecule has 1 heterocycles. The number of hydrogen-bond acceptors (Lipinski definition) is 3. The molecule has 1 aromatic rings. The van der Waals surface area contributed by atoms with Crippen molar-refractivity contribution in [3.8, 4) is 5.88 Å². The molecule has 0 aromatic carbocycles. The lowest BCUT2D eigenvalue weighted by molar-refractivity contribution is 0.281. The third-order valence-corrected chi connectivity index (χ3v) is 3.78. The van der Waals surface area contributed by atoms with E-state index in [4.69, 9.17) is 4.74 Å². The molecular weight excluding hydrogens is 212 g/mol. The Morgan fingerprint density at radius 3 is 2.94 bits per heavy atom. The minimum atomic E-state index is 0.416. The molecule has 1 aromatic heterocycles. The minimum Gasteiger partial charge on any atom is -0.481 e. The van der Waals surface area contributed by atoms with Crippen LogP contribution < -0.4 is 10.1 Å². The van der Waals surface area contributed by atoms with E-state index >= 15 is 0 Å². The summed E-state index contributed by atoms with van der Waals surface area (Å²) in [4.78, 5) is 4.42. The monoisotopic (exact) mass is 234 g/mol. The third kappa shape index (κ3) is 2.97. The summed E-state index contributed by atoms with van der Waals surface area (Å²) in [5.74, 6) is 0.690. The molecule has 0 bridgehead atoms. The maximum absolute atomic E-state index is 5.13. The van der Waals surface area contributed by atoms with Gasteiger partial charge in [-0.05, 0) is 24.3 Å². The number of aromatic nitrogens is 1. The molecule has 2 rings (SSSR count). The molecule has 0 amide bonds. The summed E-state index contributed by atoms with van der Waals surface area (Å²) >= 11 is 0. The number of hydrogen-bond donors (Lipinski definition) is 1. The van der Waals surface area contributed by atoms with Crippen molar-refractivity contribution in [3.05, 3.63) is 23.9 Å². The summed E-state index contributed by atoms with van der Waals surface area (Å²) in [6.45, 7) is 5.51. The minimum absolute atomic E-state index is 0.416. The van der Waals surface area contributed by atoms with E-state index in [2.05, 4.69) is 24.1 Å². The topological polar surface area (TPSA) is 34.1 Å². The highest BCUT2D eigenvalue weighted by atomic mass is 16.5. The lowest BCUT2D eigenvalue weighted by Crippen LogP contribution is -2.37. The van der Waals surface area contributed by atoms with Crippen molar-refractivity contribution in [2.45, 2.75) is 45.7 Å². The Hall–Kier alpha value is -1.09. The molecule has 0 spiro atoms. The van der Waals surface area contributed by atoms with E-state index in [1.807, 2.05) is 18.2 Å². The van der Waals surface area contributed by atoms with E-state index < -0.39 is 0 Å². The van der Waals surface area contributed by atoms with Gasteiger partial charge in [-0.3, -0.25) is 0 Å². The number of pyridine rings is 1. The van der Waals surface area contributed by atoms with Crippen molar-refractivity contribution in [2.24, 2.45) is 5.41 Å². The fourth-order valence-electron chi connectivity index (χ4n) is 2.60. The van der Waals surface area contributed by atoms with E-state index in [1.165, 1.54) is 19.3 Å². The van der Waals surface area contributed by atoms with Gasteiger partial charge >= 0.3 is 0 Å². The predicted octanol–water partition coefficient (Wildman–Crippen LogP) is 2.76. The second-order valence-corrected chi connectivity index (χ2v) is 5.49. The van der Waals surface area contributed by atoms with Gasteiger partial charge in [0.2, 0.25) is 5.88 Å². The first-order chi connectivity index (χ1) is 8.12. The second-order valence-electron chi connectivity index (χ2n) is 5.49. The van der Waals surface area contributed by atoms with Crippen LogP contribution in [0.4, 0.5) is 0 Å². The quantitative estimate of drug-likeness (QED) is 0.870. The van der Waals surface area contributed by atoms with E-state index in [-0.39, 0.29) is 0 Å². The molecule has 1 unspecified atom stereocenters. The molecule has 94 valence electrons. The summed E-state index contributed by atoms with van der Waals surface area (Å²) in [5.41, 5.74) is 1.46. The number of rotatable bonds is 4. The summed E-state index contributed by atoms with van der Waals surface area (Å²) in [6.07, 6.45) is 3.92. The van der Waals surface area contributed by atoms with E-state index in [0.717, 1.165) is 12.2 Å². The maximum atomic E-state index is 5.13. The van der Waals surface area contributed by atoms with Gasteiger partial charge in [-0.2, -0.15) is 0 Å². The van der Waals surface area contributed by atoms with Crippen LogP contribution in [0.1, 0.15) is 38.8 Å². The zero-order valence-corrected chi connectivity index (χ0v) is 11.0. The zero-order chi connectivity index (χ0) is 12.3. The average Bonchev–Trinajstić information content (AvgIpc) is 2.66. The van der Waals surface area contributed by atoms with Crippen LogP contribution in [0, 0.1) is 5.41 Å². The molecule has 0 saturated heterocycles. The molecule has 17 heavy (non-hydrogen) atoms. The number of methoxy groups -OCH3 is 1. The van der Waals surface area contributed by atoms with E-state index in [9.17, 15) is 0 Å². The van der Waals surface area contributed by atoms with Gasteiger partial charge in [0.05, 0.1) is 12.8 Å². The lowest BCUT2D eigenvalue weighted by Gasteiger charge is -2.27. The van der Waals surface area contributed by atoms with Gasteiger partial charge in [0, 0.05) is 18.7 Å². The van der Waals surface area contributed by atoms with Crippen molar-refractivity contribution < 1.29 is 4.74 Å². The number of nitrogens with zero attached hydrogens (tertiary/aromatic N) is 1. The fraction of sp³-hybridized carbons (Fsp3) is 0.643. The van der Waals surface area contributed by atoms with Crippen LogP contribution in [0.15, 0.2) is 18.2 Å². The standard InChI is InChI=1S/C14H22N2O/c1-14(2)9-5-7-12(14)15-10-11-6-4-8-13(16-11)17-3/h4,6,8,12,15H,5,7,9-10H2,1-3H3. The molecule has 3 nitrogen and oxygen atoms in total. The van der Waals surface area contributed by atoms with Crippen LogP contribution >= 0.6 is 0 Å². The Morgan fingerprint density at radius 2 is 2.29 bits per heavy atom. The van der Waals surface area contributed by atoms with Crippen LogP contribution in [0.25, 0.3) is 0 Å². The summed E-state index contributed by atoms with van der Waals surface area (Å²) in [7, 11) is 1.65. The molecule has 1 fully saturated rings.